The van der Waals surface area contributed by atoms with Crippen LogP contribution in [0.15, 0.2) is 11.0 Å². The standard InChI is InChI=1S/C16H21ClF2N4O4/c1-15(8-16(18,19)9-15)21-14(26)27-10-2-3-22(7-10)11-6-20-23(4-5-24)13(25)12(11)17/h6,10,24H,2-5,7-9H2,1H3,(H,21,26)/t10-/m1/s1. The van der Waals surface area contributed by atoms with Crippen LogP contribution in [0.2, 0.25) is 5.02 Å². The maximum atomic E-state index is 13.0. The van der Waals surface area contributed by atoms with Crippen molar-refractivity contribution in [1.82, 2.24) is 15.1 Å². The molecule has 0 unspecified atom stereocenters. The van der Waals surface area contributed by atoms with Crippen molar-refractivity contribution in [2.24, 2.45) is 0 Å². The molecule has 0 aromatic carbocycles. The number of alkyl halides is 2. The highest BCUT2D eigenvalue weighted by molar-refractivity contribution is 6.33. The van der Waals surface area contributed by atoms with Gasteiger partial charge in [0.1, 0.15) is 11.1 Å². The fourth-order valence-electron chi connectivity index (χ4n) is 3.58. The van der Waals surface area contributed by atoms with Crippen LogP contribution < -0.4 is 15.8 Å². The average molecular weight is 407 g/mol. The van der Waals surface area contributed by atoms with Crippen molar-refractivity contribution in [3.8, 4) is 0 Å². The number of carbonyl (C=O) groups excluding carboxylic acids is 1. The third-order valence-electron chi connectivity index (χ3n) is 4.74. The molecule has 1 saturated carbocycles. The van der Waals surface area contributed by atoms with Gasteiger partial charge in [0, 0.05) is 25.8 Å². The maximum absolute atomic E-state index is 13.0. The van der Waals surface area contributed by atoms with E-state index in [-0.39, 0.29) is 18.2 Å². The van der Waals surface area contributed by atoms with E-state index in [4.69, 9.17) is 21.4 Å². The van der Waals surface area contributed by atoms with Crippen molar-refractivity contribution in [3.05, 3.63) is 21.6 Å². The Bertz CT molecular complexity index is 780. The van der Waals surface area contributed by atoms with Gasteiger partial charge in [-0.05, 0) is 6.92 Å². The Balaban J connectivity index is 1.57. The van der Waals surface area contributed by atoms with Crippen LogP contribution in [0.5, 0.6) is 0 Å². The molecule has 2 N–H and O–H groups in total. The number of nitrogens with one attached hydrogen (secondary N) is 1. The predicted octanol–water partition coefficient (Wildman–Crippen LogP) is 1.38. The number of aromatic nitrogens is 2. The predicted molar refractivity (Wildman–Crippen MR) is 93.4 cm³/mol. The second kappa shape index (κ2) is 7.23. The van der Waals surface area contributed by atoms with Gasteiger partial charge in [-0.15, -0.1) is 0 Å². The molecule has 1 aliphatic heterocycles. The van der Waals surface area contributed by atoms with Gasteiger partial charge in [0.25, 0.3) is 11.5 Å². The number of amides is 1. The van der Waals surface area contributed by atoms with Crippen molar-refractivity contribution in [1.29, 1.82) is 0 Å². The van der Waals surface area contributed by atoms with E-state index in [1.54, 1.807) is 11.8 Å². The lowest BCUT2D eigenvalue weighted by atomic mass is 9.75. The lowest BCUT2D eigenvalue weighted by Crippen LogP contribution is -2.60. The summed E-state index contributed by atoms with van der Waals surface area (Å²) in [7, 11) is 0. The summed E-state index contributed by atoms with van der Waals surface area (Å²) in [5, 5.41) is 15.4. The highest BCUT2D eigenvalue weighted by Crippen LogP contribution is 2.45. The van der Waals surface area contributed by atoms with Gasteiger partial charge in [0.2, 0.25) is 0 Å². The fourth-order valence-corrected chi connectivity index (χ4v) is 3.85. The number of ether oxygens (including phenoxy) is 1. The van der Waals surface area contributed by atoms with E-state index in [1.165, 1.54) is 6.20 Å². The number of hydrogen-bond acceptors (Lipinski definition) is 6. The summed E-state index contributed by atoms with van der Waals surface area (Å²) in [6, 6.07) is 0. The molecule has 2 aliphatic rings. The minimum absolute atomic E-state index is 0.0206. The van der Waals surface area contributed by atoms with Crippen LogP contribution in [0.4, 0.5) is 19.3 Å². The van der Waals surface area contributed by atoms with Crippen molar-refractivity contribution in [2.45, 2.75) is 50.3 Å². The highest BCUT2D eigenvalue weighted by atomic mass is 35.5. The summed E-state index contributed by atoms with van der Waals surface area (Å²) in [6.45, 7) is 2.17. The van der Waals surface area contributed by atoms with E-state index in [9.17, 15) is 18.4 Å². The molecule has 2 heterocycles. The number of alkyl carbamates (subject to hydrolysis) is 1. The van der Waals surface area contributed by atoms with Gasteiger partial charge < -0.3 is 20.1 Å². The first kappa shape index (κ1) is 19.8. The number of rotatable bonds is 5. The molecule has 3 rings (SSSR count). The van der Waals surface area contributed by atoms with E-state index in [2.05, 4.69) is 10.4 Å². The second-order valence-corrected chi connectivity index (χ2v) is 7.63. The van der Waals surface area contributed by atoms with Gasteiger partial charge in [-0.3, -0.25) is 4.79 Å². The molecule has 1 saturated heterocycles. The van der Waals surface area contributed by atoms with Crippen LogP contribution in [0.1, 0.15) is 26.2 Å². The summed E-state index contributed by atoms with van der Waals surface area (Å²) < 4.78 is 32.4. The number of carbonyl (C=O) groups is 1. The zero-order chi connectivity index (χ0) is 19.8. The zero-order valence-corrected chi connectivity index (χ0v) is 15.5. The van der Waals surface area contributed by atoms with E-state index < -0.39 is 42.1 Å². The van der Waals surface area contributed by atoms with Gasteiger partial charge >= 0.3 is 6.09 Å². The number of hydrogen-bond donors (Lipinski definition) is 2. The molecule has 8 nitrogen and oxygen atoms in total. The van der Waals surface area contributed by atoms with Gasteiger partial charge in [0.15, 0.2) is 0 Å². The Hall–Kier alpha value is -1.94. The normalized spacial score (nSPS) is 23.0. The Labute approximate surface area is 159 Å². The first-order valence-corrected chi connectivity index (χ1v) is 8.98. The number of aliphatic hydroxyl groups excluding tert-OH is 1. The van der Waals surface area contributed by atoms with E-state index >= 15 is 0 Å². The number of halogens is 3. The summed E-state index contributed by atoms with van der Waals surface area (Å²) >= 11 is 6.12. The van der Waals surface area contributed by atoms with Crippen LogP contribution in [-0.2, 0) is 11.3 Å². The van der Waals surface area contributed by atoms with E-state index in [1.807, 2.05) is 0 Å². The van der Waals surface area contributed by atoms with Crippen LogP contribution in [0.25, 0.3) is 0 Å². The first-order chi connectivity index (χ1) is 12.6. The highest BCUT2D eigenvalue weighted by Gasteiger charge is 2.54. The SMILES string of the molecule is CC1(NC(=O)O[C@@H]2CCN(c3cnn(CCO)c(=O)c3Cl)C2)CC(F)(F)C1. The lowest BCUT2D eigenvalue weighted by molar-refractivity contribution is -0.126. The van der Waals surface area contributed by atoms with Crippen molar-refractivity contribution >= 4 is 23.4 Å². The molecule has 0 radical (unpaired) electrons. The molecular formula is C16H21ClF2N4O4. The molecule has 27 heavy (non-hydrogen) atoms. The Morgan fingerprint density at radius 2 is 2.22 bits per heavy atom. The lowest BCUT2D eigenvalue weighted by Gasteiger charge is -2.44. The van der Waals surface area contributed by atoms with Crippen LogP contribution in [-0.4, -0.2) is 58.2 Å². The quantitative estimate of drug-likeness (QED) is 0.767. The van der Waals surface area contributed by atoms with Crippen molar-refractivity contribution in [3.63, 3.8) is 0 Å². The molecule has 0 spiro atoms. The molecule has 11 heteroatoms. The van der Waals surface area contributed by atoms with E-state index in [0.29, 0.717) is 25.2 Å². The zero-order valence-electron chi connectivity index (χ0n) is 14.8. The summed E-state index contributed by atoms with van der Waals surface area (Å²) in [5.74, 6) is -2.74. The summed E-state index contributed by atoms with van der Waals surface area (Å²) in [6.07, 6.45) is -0.0582. The average Bonchev–Trinajstić information content (AvgIpc) is 2.97. The second-order valence-electron chi connectivity index (χ2n) is 7.25. The molecule has 1 aromatic heterocycles. The molecule has 1 atom stereocenters. The van der Waals surface area contributed by atoms with Crippen molar-refractivity contribution < 1.29 is 23.4 Å². The minimum Gasteiger partial charge on any atom is -0.444 e. The fraction of sp³-hybridized carbons (Fsp3) is 0.688. The molecule has 1 aliphatic carbocycles. The van der Waals surface area contributed by atoms with Crippen molar-refractivity contribution in [2.75, 3.05) is 24.6 Å². The smallest absolute Gasteiger partial charge is 0.407 e. The monoisotopic (exact) mass is 406 g/mol. The van der Waals surface area contributed by atoms with E-state index in [0.717, 1.165) is 4.68 Å². The van der Waals surface area contributed by atoms with Gasteiger partial charge in [-0.1, -0.05) is 11.6 Å². The third kappa shape index (κ3) is 4.32. The number of nitrogens with zero attached hydrogens (tertiary/aromatic N) is 3. The molecule has 2 fully saturated rings. The van der Waals surface area contributed by atoms with Crippen LogP contribution >= 0.6 is 11.6 Å². The number of aliphatic hydroxyl groups is 1. The maximum Gasteiger partial charge on any atom is 0.407 e. The topological polar surface area (TPSA) is 96.7 Å². The third-order valence-corrected chi connectivity index (χ3v) is 5.09. The van der Waals surface area contributed by atoms with Gasteiger partial charge in [0.05, 0.1) is 37.1 Å². The number of anilines is 1. The molecule has 0 bridgehead atoms. The molecule has 1 amide bonds. The van der Waals surface area contributed by atoms with Gasteiger partial charge in [-0.2, -0.15) is 5.10 Å². The first-order valence-electron chi connectivity index (χ1n) is 8.60. The Kier molecular flexibility index (Phi) is 5.31. The minimum atomic E-state index is -2.74. The molecule has 1 aromatic rings. The largest absolute Gasteiger partial charge is 0.444 e. The summed E-state index contributed by atoms with van der Waals surface area (Å²) in [5.41, 5.74) is -1.04. The van der Waals surface area contributed by atoms with Crippen LogP contribution in [0, 0.1) is 0 Å². The van der Waals surface area contributed by atoms with Gasteiger partial charge in [-0.25, -0.2) is 18.3 Å². The molecule has 150 valence electrons. The summed E-state index contributed by atoms with van der Waals surface area (Å²) in [4.78, 5) is 25.9. The molecular weight excluding hydrogens is 386 g/mol. The Morgan fingerprint density at radius 1 is 1.52 bits per heavy atom. The Morgan fingerprint density at radius 3 is 2.85 bits per heavy atom. The van der Waals surface area contributed by atoms with Crippen LogP contribution in [0.3, 0.4) is 0 Å².